The molecule has 2 nitrogen and oxygen atoms in total. The molecule has 1 unspecified atom stereocenters. The third-order valence-corrected chi connectivity index (χ3v) is 3.05. The summed E-state index contributed by atoms with van der Waals surface area (Å²) in [6.45, 7) is 4.32. The second kappa shape index (κ2) is 8.35. The molecule has 0 fully saturated rings. The van der Waals surface area contributed by atoms with E-state index >= 15 is 0 Å². The van der Waals surface area contributed by atoms with E-state index in [-0.39, 0.29) is 6.10 Å². The fourth-order valence-electron chi connectivity index (χ4n) is 1.72. The summed E-state index contributed by atoms with van der Waals surface area (Å²) in [5.41, 5.74) is 1.05. The Morgan fingerprint density at radius 3 is 2.88 bits per heavy atom. The van der Waals surface area contributed by atoms with Crippen LogP contribution >= 0.6 is 11.6 Å². The standard InChI is InChI=1S/C14H22ClNO/c1-3-4-5-6-7-12(2)17-14-10-13(11-15)8-9-16-14/h8-10,12H,3-7,11H2,1-2H3. The van der Waals surface area contributed by atoms with Gasteiger partial charge in [0.25, 0.3) is 0 Å². The maximum atomic E-state index is 5.77. The number of alkyl halides is 1. The average Bonchev–Trinajstić information content (AvgIpc) is 2.35. The number of rotatable bonds is 8. The lowest BCUT2D eigenvalue weighted by Gasteiger charge is -2.13. The van der Waals surface area contributed by atoms with Gasteiger partial charge in [-0.2, -0.15) is 0 Å². The summed E-state index contributed by atoms with van der Waals surface area (Å²) in [4.78, 5) is 4.19. The highest BCUT2D eigenvalue weighted by Gasteiger charge is 2.05. The van der Waals surface area contributed by atoms with Crippen molar-refractivity contribution in [1.29, 1.82) is 0 Å². The lowest BCUT2D eigenvalue weighted by atomic mass is 10.1. The van der Waals surface area contributed by atoms with Gasteiger partial charge in [-0.25, -0.2) is 4.98 Å². The summed E-state index contributed by atoms with van der Waals surface area (Å²) in [7, 11) is 0. The van der Waals surface area contributed by atoms with Crippen LogP contribution in [0.4, 0.5) is 0 Å². The minimum absolute atomic E-state index is 0.227. The molecule has 0 aromatic carbocycles. The highest BCUT2D eigenvalue weighted by Crippen LogP contribution is 2.15. The van der Waals surface area contributed by atoms with Gasteiger partial charge < -0.3 is 4.74 Å². The number of hydrogen-bond donors (Lipinski definition) is 0. The van der Waals surface area contributed by atoms with Gasteiger partial charge in [-0.15, -0.1) is 11.6 Å². The van der Waals surface area contributed by atoms with Crippen LogP contribution in [0.2, 0.25) is 0 Å². The van der Waals surface area contributed by atoms with Crippen LogP contribution in [0.5, 0.6) is 5.88 Å². The molecule has 1 heterocycles. The van der Waals surface area contributed by atoms with Crippen LogP contribution in [0.15, 0.2) is 18.3 Å². The van der Waals surface area contributed by atoms with Crippen molar-refractivity contribution in [3.63, 3.8) is 0 Å². The monoisotopic (exact) mass is 255 g/mol. The third kappa shape index (κ3) is 5.92. The zero-order chi connectivity index (χ0) is 12.5. The molecule has 0 aliphatic rings. The lowest BCUT2D eigenvalue weighted by molar-refractivity contribution is 0.198. The lowest BCUT2D eigenvalue weighted by Crippen LogP contribution is -2.12. The van der Waals surface area contributed by atoms with E-state index in [1.807, 2.05) is 12.1 Å². The normalized spacial score (nSPS) is 12.4. The minimum atomic E-state index is 0.227. The first kappa shape index (κ1) is 14.3. The number of pyridine rings is 1. The Kier molecular flexibility index (Phi) is 7.02. The van der Waals surface area contributed by atoms with Gasteiger partial charge in [0.05, 0.1) is 6.10 Å². The fourth-order valence-corrected chi connectivity index (χ4v) is 1.89. The zero-order valence-electron chi connectivity index (χ0n) is 10.8. The Morgan fingerprint density at radius 2 is 2.18 bits per heavy atom. The second-order valence-electron chi connectivity index (χ2n) is 4.41. The predicted octanol–water partition coefficient (Wildman–Crippen LogP) is 4.56. The van der Waals surface area contributed by atoms with Crippen molar-refractivity contribution in [2.75, 3.05) is 0 Å². The van der Waals surface area contributed by atoms with Gasteiger partial charge in [0.2, 0.25) is 5.88 Å². The van der Waals surface area contributed by atoms with Crippen molar-refractivity contribution < 1.29 is 4.74 Å². The van der Waals surface area contributed by atoms with Gasteiger partial charge in [-0.1, -0.05) is 26.2 Å². The molecular weight excluding hydrogens is 234 g/mol. The number of ether oxygens (including phenoxy) is 1. The molecule has 1 aromatic heterocycles. The topological polar surface area (TPSA) is 22.1 Å². The summed E-state index contributed by atoms with van der Waals surface area (Å²) in [5.74, 6) is 1.19. The largest absolute Gasteiger partial charge is 0.475 e. The fraction of sp³-hybridized carbons (Fsp3) is 0.643. The number of halogens is 1. The van der Waals surface area contributed by atoms with Crippen LogP contribution in [-0.4, -0.2) is 11.1 Å². The SMILES string of the molecule is CCCCCCC(C)Oc1cc(CCl)ccn1. The molecule has 1 aromatic rings. The van der Waals surface area contributed by atoms with Gasteiger partial charge in [0.15, 0.2) is 0 Å². The molecule has 17 heavy (non-hydrogen) atoms. The van der Waals surface area contributed by atoms with Crippen LogP contribution in [0.25, 0.3) is 0 Å². The predicted molar refractivity (Wildman–Crippen MR) is 72.6 cm³/mol. The van der Waals surface area contributed by atoms with Gasteiger partial charge in [0, 0.05) is 18.1 Å². The van der Waals surface area contributed by atoms with E-state index < -0.39 is 0 Å². The molecule has 0 aliphatic carbocycles. The van der Waals surface area contributed by atoms with Gasteiger partial charge in [-0.3, -0.25) is 0 Å². The quantitative estimate of drug-likeness (QED) is 0.502. The van der Waals surface area contributed by atoms with Crippen molar-refractivity contribution in [1.82, 2.24) is 4.98 Å². The van der Waals surface area contributed by atoms with Crippen molar-refractivity contribution in [3.8, 4) is 5.88 Å². The van der Waals surface area contributed by atoms with Crippen LogP contribution in [-0.2, 0) is 5.88 Å². The Hall–Kier alpha value is -0.760. The third-order valence-electron chi connectivity index (χ3n) is 2.74. The van der Waals surface area contributed by atoms with E-state index in [1.165, 1.54) is 25.7 Å². The molecule has 0 bridgehead atoms. The molecule has 0 saturated carbocycles. The molecule has 0 radical (unpaired) electrons. The van der Waals surface area contributed by atoms with Crippen LogP contribution in [0, 0.1) is 0 Å². The van der Waals surface area contributed by atoms with Crippen LogP contribution < -0.4 is 4.74 Å². The molecule has 0 spiro atoms. The van der Waals surface area contributed by atoms with Crippen LogP contribution in [0.3, 0.4) is 0 Å². The van der Waals surface area contributed by atoms with Gasteiger partial charge >= 0.3 is 0 Å². The summed E-state index contributed by atoms with van der Waals surface area (Å²) in [5, 5.41) is 0. The minimum Gasteiger partial charge on any atom is -0.475 e. The van der Waals surface area contributed by atoms with E-state index in [2.05, 4.69) is 18.8 Å². The Labute approximate surface area is 109 Å². The molecule has 1 rings (SSSR count). The van der Waals surface area contributed by atoms with E-state index in [4.69, 9.17) is 16.3 Å². The maximum absolute atomic E-state index is 5.77. The highest BCUT2D eigenvalue weighted by molar-refractivity contribution is 6.17. The summed E-state index contributed by atoms with van der Waals surface area (Å²) >= 11 is 5.77. The van der Waals surface area contributed by atoms with Crippen molar-refractivity contribution >= 4 is 11.6 Å². The Bertz CT molecular complexity index is 317. The number of hydrogen-bond acceptors (Lipinski definition) is 2. The number of nitrogens with zero attached hydrogens (tertiary/aromatic N) is 1. The van der Waals surface area contributed by atoms with Crippen molar-refractivity contribution in [3.05, 3.63) is 23.9 Å². The number of unbranched alkanes of at least 4 members (excludes halogenated alkanes) is 3. The molecule has 1 atom stereocenters. The number of aromatic nitrogens is 1. The van der Waals surface area contributed by atoms with Crippen molar-refractivity contribution in [2.24, 2.45) is 0 Å². The molecule has 0 saturated heterocycles. The summed E-state index contributed by atoms with van der Waals surface area (Å²) in [6.07, 6.45) is 8.17. The highest BCUT2D eigenvalue weighted by atomic mass is 35.5. The van der Waals surface area contributed by atoms with Crippen molar-refractivity contribution in [2.45, 2.75) is 57.9 Å². The Morgan fingerprint density at radius 1 is 1.35 bits per heavy atom. The smallest absolute Gasteiger partial charge is 0.213 e. The first-order chi connectivity index (χ1) is 8.26. The first-order valence-corrected chi connectivity index (χ1v) is 6.97. The van der Waals surface area contributed by atoms with Gasteiger partial charge in [0.1, 0.15) is 0 Å². The average molecular weight is 256 g/mol. The van der Waals surface area contributed by atoms with Crippen LogP contribution in [0.1, 0.15) is 51.5 Å². The molecule has 0 amide bonds. The molecule has 0 N–H and O–H groups in total. The van der Waals surface area contributed by atoms with E-state index in [0.29, 0.717) is 11.8 Å². The zero-order valence-corrected chi connectivity index (χ0v) is 11.5. The van der Waals surface area contributed by atoms with E-state index in [0.717, 1.165) is 12.0 Å². The van der Waals surface area contributed by atoms with E-state index in [1.54, 1.807) is 6.20 Å². The maximum Gasteiger partial charge on any atom is 0.213 e. The summed E-state index contributed by atoms with van der Waals surface area (Å²) in [6, 6.07) is 3.82. The molecular formula is C14H22ClNO. The summed E-state index contributed by atoms with van der Waals surface area (Å²) < 4.78 is 5.77. The van der Waals surface area contributed by atoms with E-state index in [9.17, 15) is 0 Å². The first-order valence-electron chi connectivity index (χ1n) is 6.43. The molecule has 3 heteroatoms. The second-order valence-corrected chi connectivity index (χ2v) is 4.68. The Balaban J connectivity index is 2.31. The molecule has 0 aliphatic heterocycles. The molecule has 96 valence electrons. The van der Waals surface area contributed by atoms with Gasteiger partial charge in [-0.05, 0) is 31.4 Å².